The van der Waals surface area contributed by atoms with Crippen LogP contribution < -0.4 is 11.0 Å². The summed E-state index contributed by atoms with van der Waals surface area (Å²) in [5.41, 5.74) is 1.61. The fourth-order valence-electron chi connectivity index (χ4n) is 3.96. The third kappa shape index (κ3) is 4.73. The number of benzene rings is 1. The van der Waals surface area contributed by atoms with Gasteiger partial charge in [0.25, 0.3) is 0 Å². The molecule has 6 nitrogen and oxygen atoms in total. The molecule has 1 saturated heterocycles. The molecule has 1 atom stereocenters. The normalized spacial score (nSPS) is 18.3. The molecule has 2 aliphatic rings. The number of rotatable bonds is 6. The summed E-state index contributed by atoms with van der Waals surface area (Å²) in [7, 11) is 0. The molecule has 1 aliphatic heterocycles. The van der Waals surface area contributed by atoms with Crippen LogP contribution in [-0.4, -0.2) is 33.9 Å². The van der Waals surface area contributed by atoms with Crippen LogP contribution in [0.3, 0.4) is 0 Å². The highest BCUT2D eigenvalue weighted by atomic mass is 32.2. The number of nitrogens with one attached hydrogen (secondary N) is 1. The number of ether oxygens (including phenoxy) is 1. The minimum atomic E-state index is -0.833. The SMILES string of the molecule is O=C(CSc1nc(=O)n(CC2CCCO2)c2c1CCCC2)Nc1ccc(F)cc1F. The number of amides is 1. The number of carbonyl (C=O) groups excluding carboxylic acids is 1. The van der Waals surface area contributed by atoms with Crippen molar-refractivity contribution in [1.29, 1.82) is 0 Å². The van der Waals surface area contributed by atoms with E-state index in [1.807, 2.05) is 0 Å². The zero-order valence-corrected chi connectivity index (χ0v) is 17.3. The Balaban J connectivity index is 1.49. The van der Waals surface area contributed by atoms with E-state index in [0.717, 1.165) is 62.5 Å². The van der Waals surface area contributed by atoms with E-state index in [9.17, 15) is 18.4 Å². The van der Waals surface area contributed by atoms with Gasteiger partial charge in [0.05, 0.1) is 24.1 Å². The first-order chi connectivity index (χ1) is 14.5. The van der Waals surface area contributed by atoms with Gasteiger partial charge in [0.2, 0.25) is 5.91 Å². The third-order valence-corrected chi connectivity index (χ3v) is 6.42. The van der Waals surface area contributed by atoms with Gasteiger partial charge in [-0.25, -0.2) is 13.6 Å². The summed E-state index contributed by atoms with van der Waals surface area (Å²) in [5, 5.41) is 3.00. The van der Waals surface area contributed by atoms with Gasteiger partial charge in [0.1, 0.15) is 16.7 Å². The standard InChI is InChI=1S/C21H23F2N3O3S/c22-13-7-8-17(16(23)10-13)24-19(27)12-30-20-15-5-1-2-6-18(15)26(21(28)25-20)11-14-4-3-9-29-14/h7-8,10,14H,1-6,9,11-12H2,(H,24,27). The van der Waals surface area contributed by atoms with Crippen molar-refractivity contribution in [2.45, 2.75) is 56.2 Å². The van der Waals surface area contributed by atoms with E-state index in [2.05, 4.69) is 10.3 Å². The smallest absolute Gasteiger partial charge is 0.348 e. The van der Waals surface area contributed by atoms with Crippen LogP contribution in [0.5, 0.6) is 0 Å². The zero-order valence-electron chi connectivity index (χ0n) is 16.5. The molecule has 1 unspecified atom stereocenters. The summed E-state index contributed by atoms with van der Waals surface area (Å²) >= 11 is 1.17. The van der Waals surface area contributed by atoms with E-state index in [0.29, 0.717) is 17.6 Å². The van der Waals surface area contributed by atoms with Gasteiger partial charge in [-0.15, -0.1) is 0 Å². The number of halogens is 2. The van der Waals surface area contributed by atoms with Crippen LogP contribution in [0.1, 0.15) is 36.9 Å². The maximum Gasteiger partial charge on any atom is 0.348 e. The number of anilines is 1. The largest absolute Gasteiger partial charge is 0.376 e. The summed E-state index contributed by atoms with van der Waals surface area (Å²) < 4.78 is 34.2. The van der Waals surface area contributed by atoms with Gasteiger partial charge in [-0.3, -0.25) is 9.36 Å². The maximum atomic E-state index is 13.7. The molecule has 0 bridgehead atoms. The average molecular weight is 435 g/mol. The molecular formula is C21H23F2N3O3S. The van der Waals surface area contributed by atoms with Gasteiger partial charge in [0.15, 0.2) is 0 Å². The minimum absolute atomic E-state index is 0.0224. The number of hydrogen-bond acceptors (Lipinski definition) is 5. The second-order valence-electron chi connectivity index (χ2n) is 7.54. The first-order valence-electron chi connectivity index (χ1n) is 10.1. The second kappa shape index (κ2) is 9.26. The first kappa shape index (κ1) is 21.0. The van der Waals surface area contributed by atoms with Crippen molar-refractivity contribution in [3.8, 4) is 0 Å². The van der Waals surface area contributed by atoms with Crippen LogP contribution >= 0.6 is 11.8 Å². The van der Waals surface area contributed by atoms with Crippen LogP contribution in [0.15, 0.2) is 28.0 Å². The molecule has 0 saturated carbocycles. The van der Waals surface area contributed by atoms with Crippen LogP contribution in [0.2, 0.25) is 0 Å². The van der Waals surface area contributed by atoms with E-state index in [4.69, 9.17) is 4.74 Å². The fraction of sp³-hybridized carbons (Fsp3) is 0.476. The molecule has 30 heavy (non-hydrogen) atoms. The summed E-state index contributed by atoms with van der Waals surface area (Å²) in [6.45, 7) is 1.25. The van der Waals surface area contributed by atoms with Crippen molar-refractivity contribution < 1.29 is 18.3 Å². The highest BCUT2D eigenvalue weighted by molar-refractivity contribution is 8.00. The molecule has 2 heterocycles. The van der Waals surface area contributed by atoms with E-state index >= 15 is 0 Å². The van der Waals surface area contributed by atoms with E-state index in [1.54, 1.807) is 4.57 Å². The van der Waals surface area contributed by atoms with Crippen molar-refractivity contribution >= 4 is 23.4 Å². The Morgan fingerprint density at radius 3 is 2.87 bits per heavy atom. The second-order valence-corrected chi connectivity index (χ2v) is 8.50. The van der Waals surface area contributed by atoms with Crippen LogP contribution in [0.4, 0.5) is 14.5 Å². The molecule has 1 aliphatic carbocycles. The van der Waals surface area contributed by atoms with Gasteiger partial charge in [-0.2, -0.15) is 4.98 Å². The molecule has 1 amide bonds. The highest BCUT2D eigenvalue weighted by Crippen LogP contribution is 2.29. The van der Waals surface area contributed by atoms with Gasteiger partial charge >= 0.3 is 5.69 Å². The molecule has 0 radical (unpaired) electrons. The van der Waals surface area contributed by atoms with E-state index < -0.39 is 17.5 Å². The van der Waals surface area contributed by atoms with Crippen molar-refractivity contribution in [1.82, 2.24) is 9.55 Å². The van der Waals surface area contributed by atoms with Gasteiger partial charge in [-0.1, -0.05) is 11.8 Å². The van der Waals surface area contributed by atoms with E-state index in [1.165, 1.54) is 17.8 Å². The minimum Gasteiger partial charge on any atom is -0.376 e. The molecular weight excluding hydrogens is 412 g/mol. The van der Waals surface area contributed by atoms with Crippen molar-refractivity contribution in [3.05, 3.63) is 51.6 Å². The van der Waals surface area contributed by atoms with Crippen molar-refractivity contribution in [3.63, 3.8) is 0 Å². The Labute approximate surface area is 177 Å². The number of nitrogens with zero attached hydrogens (tertiary/aromatic N) is 2. The Morgan fingerprint density at radius 2 is 2.10 bits per heavy atom. The molecule has 160 valence electrons. The third-order valence-electron chi connectivity index (χ3n) is 5.41. The average Bonchev–Trinajstić information content (AvgIpc) is 3.24. The predicted octanol–water partition coefficient (Wildman–Crippen LogP) is 3.31. The molecule has 9 heteroatoms. The number of fused-ring (bicyclic) bond motifs is 1. The molecule has 1 fully saturated rings. The number of aromatic nitrogens is 2. The van der Waals surface area contributed by atoms with Crippen LogP contribution in [-0.2, 0) is 28.9 Å². The summed E-state index contributed by atoms with van der Waals surface area (Å²) in [6, 6.07) is 2.98. The van der Waals surface area contributed by atoms with Gasteiger partial charge in [-0.05, 0) is 50.7 Å². The fourth-order valence-corrected chi connectivity index (χ4v) is 4.84. The first-order valence-corrected chi connectivity index (χ1v) is 11.1. The molecule has 2 aromatic rings. The molecule has 4 rings (SSSR count). The zero-order chi connectivity index (χ0) is 21.1. The quantitative estimate of drug-likeness (QED) is 0.557. The Morgan fingerprint density at radius 1 is 1.27 bits per heavy atom. The number of thioether (sulfide) groups is 1. The monoisotopic (exact) mass is 435 g/mol. The topological polar surface area (TPSA) is 73.2 Å². The lowest BCUT2D eigenvalue weighted by Gasteiger charge is -2.24. The molecule has 1 aromatic heterocycles. The Kier molecular flexibility index (Phi) is 6.48. The Hall–Kier alpha value is -2.26. The van der Waals surface area contributed by atoms with Crippen LogP contribution in [0.25, 0.3) is 0 Å². The molecule has 0 spiro atoms. The summed E-state index contributed by atoms with van der Waals surface area (Å²) in [4.78, 5) is 29.2. The van der Waals surface area contributed by atoms with Gasteiger partial charge in [0, 0.05) is 23.9 Å². The lowest BCUT2D eigenvalue weighted by Crippen LogP contribution is -2.34. The lowest BCUT2D eigenvalue weighted by molar-refractivity contribution is -0.113. The Bertz CT molecular complexity index is 1010. The lowest BCUT2D eigenvalue weighted by atomic mass is 9.97. The van der Waals surface area contributed by atoms with E-state index in [-0.39, 0.29) is 23.2 Å². The molecule has 1 N–H and O–H groups in total. The molecule has 1 aromatic carbocycles. The van der Waals surface area contributed by atoms with Crippen molar-refractivity contribution in [2.24, 2.45) is 0 Å². The number of carbonyl (C=O) groups is 1. The van der Waals surface area contributed by atoms with Gasteiger partial charge < -0.3 is 10.1 Å². The highest BCUT2D eigenvalue weighted by Gasteiger charge is 2.24. The summed E-state index contributed by atoms with van der Waals surface area (Å²) in [5.74, 6) is -2.01. The van der Waals surface area contributed by atoms with Crippen molar-refractivity contribution in [2.75, 3.05) is 17.7 Å². The predicted molar refractivity (Wildman–Crippen MR) is 110 cm³/mol. The maximum absolute atomic E-state index is 13.7. The van der Waals surface area contributed by atoms with Crippen LogP contribution in [0, 0.1) is 11.6 Å². The summed E-state index contributed by atoms with van der Waals surface area (Å²) in [6.07, 6.45) is 5.63. The number of hydrogen-bond donors (Lipinski definition) is 1.